The van der Waals surface area contributed by atoms with E-state index in [-0.39, 0.29) is 13.2 Å². The van der Waals surface area contributed by atoms with Gasteiger partial charge < -0.3 is 19.4 Å². The van der Waals surface area contributed by atoms with E-state index in [9.17, 15) is 9.59 Å². The van der Waals surface area contributed by atoms with Gasteiger partial charge in [0.15, 0.2) is 0 Å². The minimum atomic E-state index is -0.679. The van der Waals surface area contributed by atoms with Crippen molar-refractivity contribution in [3.05, 3.63) is 52.6 Å². The highest BCUT2D eigenvalue weighted by Crippen LogP contribution is 2.40. The smallest absolute Gasteiger partial charge is 0.336 e. The normalized spacial score (nSPS) is 14.9. The minimum absolute atomic E-state index is 0.240. The number of nitrogens with zero attached hydrogens (tertiary/aromatic N) is 2. The molecule has 2 aromatic rings. The van der Waals surface area contributed by atoms with Gasteiger partial charge in [-0.3, -0.25) is 0 Å². The number of fused-ring (bicyclic) bond motifs is 1. The summed E-state index contributed by atoms with van der Waals surface area (Å²) in [7, 11) is 0. The van der Waals surface area contributed by atoms with E-state index in [1.165, 1.54) is 0 Å². The van der Waals surface area contributed by atoms with E-state index in [2.05, 4.69) is 5.32 Å². The molecule has 0 aliphatic carbocycles. The number of rotatable bonds is 6. The number of para-hydroxylation sites is 2. The molecule has 1 N–H and O–H groups in total. The molecule has 154 valence electrons. The van der Waals surface area contributed by atoms with E-state index in [0.717, 1.165) is 11.0 Å². The number of carbonyl (C=O) groups is 2. The Morgan fingerprint density at radius 3 is 2.07 bits per heavy atom. The first-order valence-corrected chi connectivity index (χ1v) is 9.92. The van der Waals surface area contributed by atoms with Crippen molar-refractivity contribution in [2.75, 3.05) is 13.2 Å². The second-order valence-corrected chi connectivity index (χ2v) is 6.78. The molecule has 3 rings (SSSR count). The van der Waals surface area contributed by atoms with Gasteiger partial charge >= 0.3 is 11.9 Å². The SMILES string of the molecule is CCOC(=O)C1=C(C)NC(C)=C(C(=O)OCC)C1c1nc2ccccc2n1CC. The standard InChI is InChI=1S/C22H27N3O4/c1-6-25-16-12-10-9-11-15(16)24-20(25)19-17(21(26)28-7-2)13(4)23-14(5)18(19)22(27)29-8-3/h9-12,19,23H,6-8H2,1-5H3. The quantitative estimate of drug-likeness (QED) is 0.752. The van der Waals surface area contributed by atoms with E-state index >= 15 is 0 Å². The Labute approximate surface area is 170 Å². The first kappa shape index (κ1) is 20.6. The lowest BCUT2D eigenvalue weighted by Crippen LogP contribution is -2.33. The van der Waals surface area contributed by atoms with Gasteiger partial charge in [0.05, 0.1) is 41.3 Å². The number of nitrogens with one attached hydrogen (secondary N) is 1. The largest absolute Gasteiger partial charge is 0.463 e. The molecule has 7 heteroatoms. The Balaban J connectivity index is 2.29. The maximum atomic E-state index is 12.9. The minimum Gasteiger partial charge on any atom is -0.463 e. The van der Waals surface area contributed by atoms with Crippen LogP contribution in [-0.4, -0.2) is 34.7 Å². The summed E-state index contributed by atoms with van der Waals surface area (Å²) in [6.45, 7) is 10.3. The molecule has 0 unspecified atom stereocenters. The van der Waals surface area contributed by atoms with Gasteiger partial charge in [0.1, 0.15) is 5.82 Å². The maximum absolute atomic E-state index is 12.9. The fraction of sp³-hybridized carbons (Fsp3) is 0.409. The topological polar surface area (TPSA) is 82.4 Å². The molecule has 0 saturated carbocycles. The van der Waals surface area contributed by atoms with E-state index in [0.29, 0.717) is 34.9 Å². The molecule has 1 aromatic carbocycles. The number of aryl methyl sites for hydroxylation is 1. The third-order valence-corrected chi connectivity index (χ3v) is 5.01. The van der Waals surface area contributed by atoms with Gasteiger partial charge in [-0.2, -0.15) is 0 Å². The summed E-state index contributed by atoms with van der Waals surface area (Å²) < 4.78 is 12.7. The van der Waals surface area contributed by atoms with Crippen molar-refractivity contribution in [2.45, 2.75) is 47.1 Å². The second kappa shape index (κ2) is 8.51. The zero-order chi connectivity index (χ0) is 21.1. The zero-order valence-corrected chi connectivity index (χ0v) is 17.5. The highest BCUT2D eigenvalue weighted by atomic mass is 16.5. The molecular weight excluding hydrogens is 370 g/mol. The van der Waals surface area contributed by atoms with Crippen LogP contribution < -0.4 is 5.32 Å². The molecular formula is C22H27N3O4. The summed E-state index contributed by atoms with van der Waals surface area (Å²) in [4.78, 5) is 30.6. The van der Waals surface area contributed by atoms with Crippen LogP contribution in [0, 0.1) is 0 Å². The number of dihydropyridines is 1. The summed E-state index contributed by atoms with van der Waals surface area (Å²) in [6, 6.07) is 7.77. The Morgan fingerprint density at radius 2 is 1.55 bits per heavy atom. The number of esters is 2. The predicted molar refractivity (Wildman–Crippen MR) is 110 cm³/mol. The van der Waals surface area contributed by atoms with Crippen LogP contribution in [0.1, 0.15) is 46.4 Å². The number of benzene rings is 1. The van der Waals surface area contributed by atoms with Gasteiger partial charge in [-0.25, -0.2) is 14.6 Å². The molecule has 0 atom stereocenters. The summed E-state index contributed by atoms with van der Waals surface area (Å²) in [5.74, 6) is -0.986. The van der Waals surface area contributed by atoms with Gasteiger partial charge in [-0.1, -0.05) is 12.1 Å². The van der Waals surface area contributed by atoms with Crippen molar-refractivity contribution < 1.29 is 19.1 Å². The Hall–Kier alpha value is -3.09. The molecule has 0 spiro atoms. The third kappa shape index (κ3) is 3.64. The van der Waals surface area contributed by atoms with Crippen LogP contribution in [0.5, 0.6) is 0 Å². The lowest BCUT2D eigenvalue weighted by molar-refractivity contribution is -0.139. The average Bonchev–Trinajstić information content (AvgIpc) is 3.05. The van der Waals surface area contributed by atoms with E-state index in [4.69, 9.17) is 14.5 Å². The van der Waals surface area contributed by atoms with Crippen molar-refractivity contribution >= 4 is 23.0 Å². The fourth-order valence-electron chi connectivity index (χ4n) is 3.86. The van der Waals surface area contributed by atoms with Gasteiger partial charge in [0.2, 0.25) is 0 Å². The van der Waals surface area contributed by atoms with Crippen molar-refractivity contribution in [3.63, 3.8) is 0 Å². The summed E-state index contributed by atoms with van der Waals surface area (Å²) in [6.07, 6.45) is 0. The molecule has 7 nitrogen and oxygen atoms in total. The Morgan fingerprint density at radius 1 is 1.00 bits per heavy atom. The van der Waals surface area contributed by atoms with Crippen molar-refractivity contribution in [2.24, 2.45) is 0 Å². The molecule has 0 radical (unpaired) electrons. The summed E-state index contributed by atoms with van der Waals surface area (Å²) in [5, 5.41) is 3.15. The molecule has 29 heavy (non-hydrogen) atoms. The molecule has 0 saturated heterocycles. The number of imidazole rings is 1. The molecule has 0 bridgehead atoms. The summed E-state index contributed by atoms with van der Waals surface area (Å²) >= 11 is 0. The molecule has 1 aliphatic heterocycles. The monoisotopic (exact) mass is 397 g/mol. The van der Waals surface area contributed by atoms with Crippen LogP contribution in [0.25, 0.3) is 11.0 Å². The second-order valence-electron chi connectivity index (χ2n) is 6.78. The number of aromatic nitrogens is 2. The lowest BCUT2D eigenvalue weighted by Gasteiger charge is -2.30. The maximum Gasteiger partial charge on any atom is 0.336 e. The first-order chi connectivity index (χ1) is 13.9. The van der Waals surface area contributed by atoms with Crippen molar-refractivity contribution in [3.8, 4) is 0 Å². The summed E-state index contributed by atoms with van der Waals surface area (Å²) in [5.41, 5.74) is 3.81. The zero-order valence-electron chi connectivity index (χ0n) is 17.5. The number of carbonyl (C=O) groups excluding carboxylic acids is 2. The van der Waals surface area contributed by atoms with E-state index in [1.807, 2.05) is 49.6 Å². The number of allylic oxidation sites excluding steroid dienone is 2. The highest BCUT2D eigenvalue weighted by Gasteiger charge is 2.40. The van der Waals surface area contributed by atoms with Crippen LogP contribution in [0.4, 0.5) is 0 Å². The van der Waals surface area contributed by atoms with Crippen LogP contribution in [0.15, 0.2) is 46.8 Å². The fourth-order valence-corrected chi connectivity index (χ4v) is 3.86. The van der Waals surface area contributed by atoms with Gasteiger partial charge in [-0.05, 0) is 46.8 Å². The van der Waals surface area contributed by atoms with Crippen LogP contribution >= 0.6 is 0 Å². The van der Waals surface area contributed by atoms with E-state index in [1.54, 1.807) is 13.8 Å². The number of hydrogen-bond donors (Lipinski definition) is 1. The third-order valence-electron chi connectivity index (χ3n) is 5.01. The Bertz CT molecular complexity index is 976. The number of ether oxygens (including phenoxy) is 2. The highest BCUT2D eigenvalue weighted by molar-refractivity contribution is 6.00. The van der Waals surface area contributed by atoms with Gasteiger partial charge in [-0.15, -0.1) is 0 Å². The van der Waals surface area contributed by atoms with Crippen LogP contribution in [0.3, 0.4) is 0 Å². The van der Waals surface area contributed by atoms with Crippen molar-refractivity contribution in [1.29, 1.82) is 0 Å². The Kier molecular flexibility index (Phi) is 6.06. The average molecular weight is 397 g/mol. The van der Waals surface area contributed by atoms with E-state index < -0.39 is 17.9 Å². The molecule has 1 aromatic heterocycles. The van der Waals surface area contributed by atoms with Gasteiger partial charge in [0.25, 0.3) is 0 Å². The molecule has 0 fully saturated rings. The molecule has 2 heterocycles. The predicted octanol–water partition coefficient (Wildman–Crippen LogP) is 3.42. The number of hydrogen-bond acceptors (Lipinski definition) is 6. The first-order valence-electron chi connectivity index (χ1n) is 9.92. The lowest BCUT2D eigenvalue weighted by atomic mass is 9.84. The molecule has 0 amide bonds. The van der Waals surface area contributed by atoms with Crippen LogP contribution in [0.2, 0.25) is 0 Å². The molecule has 1 aliphatic rings. The van der Waals surface area contributed by atoms with Crippen molar-refractivity contribution in [1.82, 2.24) is 14.9 Å². The van der Waals surface area contributed by atoms with Gasteiger partial charge in [0, 0.05) is 17.9 Å². The van der Waals surface area contributed by atoms with Crippen LogP contribution in [-0.2, 0) is 25.6 Å².